The highest BCUT2D eigenvalue weighted by molar-refractivity contribution is 5.84. The van der Waals surface area contributed by atoms with E-state index >= 15 is 0 Å². The Balaban J connectivity index is 1.76. The highest BCUT2D eigenvalue weighted by atomic mass is 16.5. The Kier molecular flexibility index (Phi) is 4.43. The van der Waals surface area contributed by atoms with Gasteiger partial charge in [-0.15, -0.1) is 0 Å². The maximum atomic E-state index is 13.0. The smallest absolute Gasteiger partial charge is 0.229 e. The topological polar surface area (TPSA) is 77.1 Å². The van der Waals surface area contributed by atoms with Crippen molar-refractivity contribution in [3.63, 3.8) is 0 Å². The molecule has 0 aliphatic carbocycles. The number of rotatable bonds is 3. The van der Waals surface area contributed by atoms with Crippen LogP contribution in [0.4, 0.5) is 0 Å². The average molecular weight is 331 g/mol. The Labute approximate surface area is 142 Å². The zero-order valence-corrected chi connectivity index (χ0v) is 15.0. The van der Waals surface area contributed by atoms with Gasteiger partial charge in [0, 0.05) is 44.2 Å². The minimum Gasteiger partial charge on any atom is -0.341 e. The summed E-state index contributed by atoms with van der Waals surface area (Å²) < 4.78 is 6.93. The van der Waals surface area contributed by atoms with Gasteiger partial charge in [-0.05, 0) is 33.6 Å². The van der Waals surface area contributed by atoms with Gasteiger partial charge in [0.15, 0.2) is 5.82 Å². The molecule has 0 N–H and O–H groups in total. The number of piperidine rings is 1. The first kappa shape index (κ1) is 16.7. The molecule has 1 amide bonds. The van der Waals surface area contributed by atoms with Gasteiger partial charge >= 0.3 is 0 Å². The highest BCUT2D eigenvalue weighted by Crippen LogP contribution is 2.29. The van der Waals surface area contributed by atoms with Gasteiger partial charge < -0.3 is 9.42 Å². The molecule has 1 aliphatic rings. The number of aromatic nitrogens is 4. The van der Waals surface area contributed by atoms with Crippen molar-refractivity contribution in [2.75, 3.05) is 13.1 Å². The normalized spacial score (nSPS) is 19.5. The summed E-state index contributed by atoms with van der Waals surface area (Å²) in [5, 5.41) is 8.47. The molecule has 1 saturated heterocycles. The third-order valence-corrected chi connectivity index (χ3v) is 5.01. The average Bonchev–Trinajstić information content (AvgIpc) is 3.10. The molecular weight excluding hydrogens is 306 g/mol. The molecule has 3 heterocycles. The third-order valence-electron chi connectivity index (χ3n) is 5.01. The van der Waals surface area contributed by atoms with Gasteiger partial charge in [0.1, 0.15) is 0 Å². The Morgan fingerprint density at radius 2 is 2.08 bits per heavy atom. The van der Waals surface area contributed by atoms with E-state index in [1.165, 1.54) is 0 Å². The molecule has 130 valence electrons. The first-order valence-electron chi connectivity index (χ1n) is 8.47. The van der Waals surface area contributed by atoms with Crippen molar-refractivity contribution in [3.8, 4) is 0 Å². The van der Waals surface area contributed by atoms with Crippen molar-refractivity contribution in [1.29, 1.82) is 0 Å². The number of aryl methyl sites for hydroxylation is 3. The van der Waals surface area contributed by atoms with Gasteiger partial charge in [0.25, 0.3) is 0 Å². The lowest BCUT2D eigenvalue weighted by Gasteiger charge is -2.33. The molecule has 2 aromatic rings. The second kappa shape index (κ2) is 6.37. The van der Waals surface area contributed by atoms with Crippen molar-refractivity contribution < 1.29 is 9.32 Å². The number of likely N-dealkylation sites (tertiary alicyclic amines) is 1. The maximum Gasteiger partial charge on any atom is 0.229 e. The molecule has 0 unspecified atom stereocenters. The zero-order valence-electron chi connectivity index (χ0n) is 15.0. The number of nitrogens with zero attached hydrogens (tertiary/aromatic N) is 5. The lowest BCUT2D eigenvalue weighted by molar-refractivity contribution is -0.133. The van der Waals surface area contributed by atoms with Crippen molar-refractivity contribution in [2.24, 2.45) is 7.05 Å². The molecule has 0 saturated carbocycles. The van der Waals surface area contributed by atoms with Crippen LogP contribution in [0.3, 0.4) is 0 Å². The molecule has 1 fully saturated rings. The first-order valence-corrected chi connectivity index (χ1v) is 8.47. The summed E-state index contributed by atoms with van der Waals surface area (Å²) in [6.07, 6.45) is 1.95. The molecular formula is C17H25N5O2. The van der Waals surface area contributed by atoms with E-state index in [4.69, 9.17) is 4.52 Å². The van der Waals surface area contributed by atoms with Crippen LogP contribution in [0.2, 0.25) is 0 Å². The molecule has 1 aliphatic heterocycles. The van der Waals surface area contributed by atoms with Gasteiger partial charge in [-0.25, -0.2) is 0 Å². The van der Waals surface area contributed by atoms with Crippen LogP contribution in [-0.2, 0) is 11.8 Å². The van der Waals surface area contributed by atoms with E-state index in [2.05, 4.69) is 15.2 Å². The molecule has 0 radical (unpaired) electrons. The van der Waals surface area contributed by atoms with E-state index in [-0.39, 0.29) is 17.7 Å². The summed E-state index contributed by atoms with van der Waals surface area (Å²) in [5.74, 6) is 1.40. The van der Waals surface area contributed by atoms with E-state index in [9.17, 15) is 4.79 Å². The second-order valence-electron chi connectivity index (χ2n) is 6.72. The van der Waals surface area contributed by atoms with Crippen LogP contribution in [0.15, 0.2) is 4.52 Å². The SMILES string of the molecule is Cc1nc([C@H]2CCCN(C(=O)[C@@H](C)c3c(C)nn(C)c3C)C2)no1. The fraction of sp³-hybridized carbons (Fsp3) is 0.647. The van der Waals surface area contributed by atoms with E-state index in [1.807, 2.05) is 37.4 Å². The van der Waals surface area contributed by atoms with Gasteiger partial charge in [-0.1, -0.05) is 5.16 Å². The standard InChI is InChI=1S/C17H25N5O2/c1-10(15-11(2)19-21(5)12(15)3)17(23)22-8-6-7-14(9-22)16-18-13(4)24-20-16/h10,14H,6-9H2,1-5H3/t10-,14-/m0/s1. The van der Waals surface area contributed by atoms with Crippen LogP contribution in [0.25, 0.3) is 0 Å². The summed E-state index contributed by atoms with van der Waals surface area (Å²) in [4.78, 5) is 19.3. The van der Waals surface area contributed by atoms with Crippen LogP contribution >= 0.6 is 0 Å². The van der Waals surface area contributed by atoms with Crippen molar-refractivity contribution in [1.82, 2.24) is 24.8 Å². The summed E-state index contributed by atoms with van der Waals surface area (Å²) in [5.41, 5.74) is 3.02. The van der Waals surface area contributed by atoms with E-state index < -0.39 is 0 Å². The quantitative estimate of drug-likeness (QED) is 0.862. The molecule has 7 heteroatoms. The summed E-state index contributed by atoms with van der Waals surface area (Å²) in [6.45, 7) is 9.18. The van der Waals surface area contributed by atoms with Crippen molar-refractivity contribution in [3.05, 3.63) is 28.7 Å². The summed E-state index contributed by atoms with van der Waals surface area (Å²) in [6, 6.07) is 0. The molecule has 3 rings (SSSR count). The predicted octanol–water partition coefficient (Wildman–Crippen LogP) is 2.24. The lowest BCUT2D eigenvalue weighted by atomic mass is 9.93. The maximum absolute atomic E-state index is 13.0. The molecule has 7 nitrogen and oxygen atoms in total. The monoisotopic (exact) mass is 331 g/mol. The van der Waals surface area contributed by atoms with Crippen LogP contribution in [0.5, 0.6) is 0 Å². The van der Waals surface area contributed by atoms with Crippen molar-refractivity contribution >= 4 is 5.91 Å². The summed E-state index contributed by atoms with van der Waals surface area (Å²) >= 11 is 0. The number of hydrogen-bond donors (Lipinski definition) is 0. The van der Waals surface area contributed by atoms with Gasteiger partial charge in [-0.3, -0.25) is 9.48 Å². The molecule has 0 bridgehead atoms. The van der Waals surface area contributed by atoms with Crippen molar-refractivity contribution in [2.45, 2.75) is 52.4 Å². The van der Waals surface area contributed by atoms with E-state index in [0.29, 0.717) is 18.3 Å². The van der Waals surface area contributed by atoms with Crippen LogP contribution in [-0.4, -0.2) is 43.8 Å². The van der Waals surface area contributed by atoms with E-state index in [0.717, 1.165) is 36.3 Å². The number of carbonyl (C=O) groups excluding carboxylic acids is 1. The molecule has 0 aromatic carbocycles. The first-order chi connectivity index (χ1) is 11.4. The number of carbonyl (C=O) groups is 1. The van der Waals surface area contributed by atoms with Gasteiger partial charge in [0.2, 0.25) is 11.8 Å². The van der Waals surface area contributed by atoms with E-state index in [1.54, 1.807) is 6.92 Å². The Morgan fingerprint density at radius 3 is 2.67 bits per heavy atom. The Hall–Kier alpha value is -2.18. The van der Waals surface area contributed by atoms with Gasteiger partial charge in [0.05, 0.1) is 11.6 Å². The van der Waals surface area contributed by atoms with Gasteiger partial charge in [-0.2, -0.15) is 10.1 Å². The minimum atomic E-state index is -0.190. The highest BCUT2D eigenvalue weighted by Gasteiger charge is 2.32. The molecule has 2 atom stereocenters. The zero-order chi connectivity index (χ0) is 17.4. The van der Waals surface area contributed by atoms with Crippen LogP contribution in [0, 0.1) is 20.8 Å². The Bertz CT molecular complexity index is 748. The molecule has 2 aromatic heterocycles. The summed E-state index contributed by atoms with van der Waals surface area (Å²) in [7, 11) is 1.92. The fourth-order valence-corrected chi connectivity index (χ4v) is 3.68. The van der Waals surface area contributed by atoms with Crippen LogP contribution in [0.1, 0.15) is 60.3 Å². The Morgan fingerprint density at radius 1 is 1.33 bits per heavy atom. The minimum absolute atomic E-state index is 0.152. The number of hydrogen-bond acceptors (Lipinski definition) is 5. The molecule has 24 heavy (non-hydrogen) atoms. The number of amides is 1. The fourth-order valence-electron chi connectivity index (χ4n) is 3.68. The third kappa shape index (κ3) is 2.95. The largest absolute Gasteiger partial charge is 0.341 e. The second-order valence-corrected chi connectivity index (χ2v) is 6.72. The van der Waals surface area contributed by atoms with Crippen LogP contribution < -0.4 is 0 Å². The molecule has 0 spiro atoms. The predicted molar refractivity (Wildman–Crippen MR) is 88.7 cm³/mol. The lowest BCUT2D eigenvalue weighted by Crippen LogP contribution is -2.41.